The van der Waals surface area contributed by atoms with Gasteiger partial charge in [-0.15, -0.1) is 0 Å². The summed E-state index contributed by atoms with van der Waals surface area (Å²) < 4.78 is 24.0. The molecule has 8 heteroatoms. The van der Waals surface area contributed by atoms with Crippen molar-refractivity contribution in [2.24, 2.45) is 0 Å². The lowest BCUT2D eigenvalue weighted by Crippen LogP contribution is -2.36. The third-order valence-corrected chi connectivity index (χ3v) is 4.00. The molecule has 112 valence electrons. The van der Waals surface area contributed by atoms with Crippen LogP contribution < -0.4 is 10.0 Å². The van der Waals surface area contributed by atoms with Gasteiger partial charge in [0, 0.05) is 28.7 Å². The summed E-state index contributed by atoms with van der Waals surface area (Å²) in [5, 5.41) is 3.48. The molecule has 1 aromatic rings. The summed E-state index contributed by atoms with van der Waals surface area (Å²) in [5.74, 6) is -0.787. The van der Waals surface area contributed by atoms with Crippen molar-refractivity contribution < 1.29 is 13.2 Å². The van der Waals surface area contributed by atoms with E-state index in [4.69, 9.17) is 23.2 Å². The maximum absolute atomic E-state index is 12.0. The number of hydrogen-bond acceptors (Lipinski definition) is 3. The summed E-state index contributed by atoms with van der Waals surface area (Å²) in [6, 6.07) is 5.03. The average Bonchev–Trinajstić information content (AvgIpc) is 2.32. The van der Waals surface area contributed by atoms with Gasteiger partial charge in [-0.2, -0.15) is 0 Å². The van der Waals surface area contributed by atoms with Crippen LogP contribution in [0.25, 0.3) is 0 Å². The molecule has 0 radical (unpaired) electrons. The molecular weight excluding hydrogens is 323 g/mol. The number of sulfonamides is 1. The fourth-order valence-corrected chi connectivity index (χ4v) is 2.83. The number of benzene rings is 1. The van der Waals surface area contributed by atoms with Gasteiger partial charge in [-0.3, -0.25) is 4.79 Å². The molecule has 0 aliphatic heterocycles. The Hall–Kier alpha value is -0.820. The van der Waals surface area contributed by atoms with Crippen molar-refractivity contribution in [3.8, 4) is 0 Å². The third-order valence-electron chi connectivity index (χ3n) is 2.61. The molecule has 2 N–H and O–H groups in total. The Morgan fingerprint density at radius 2 is 1.80 bits per heavy atom. The molecule has 1 amide bonds. The van der Waals surface area contributed by atoms with Gasteiger partial charge in [0.25, 0.3) is 0 Å². The van der Waals surface area contributed by atoms with Gasteiger partial charge in [0.1, 0.15) is 0 Å². The molecule has 0 fully saturated rings. The molecule has 0 heterocycles. The van der Waals surface area contributed by atoms with Crippen LogP contribution in [0.5, 0.6) is 0 Å². The van der Waals surface area contributed by atoms with E-state index in [9.17, 15) is 13.2 Å². The van der Waals surface area contributed by atoms with Crippen LogP contribution in [0.2, 0.25) is 10.0 Å². The standard InChI is InChI=1S/C12H16Cl2N2O3S/c1-8(11-9(13)4-3-5-10(11)14)12(17)15-6-7-16-20(2,18)19/h3-5,8,16H,6-7H2,1-2H3,(H,15,17)/t8-/m0/s1. The number of rotatable bonds is 6. The Kier molecular flexibility index (Phi) is 6.26. The molecule has 1 atom stereocenters. The average molecular weight is 339 g/mol. The van der Waals surface area contributed by atoms with Gasteiger partial charge < -0.3 is 5.32 Å². The van der Waals surface area contributed by atoms with E-state index >= 15 is 0 Å². The van der Waals surface area contributed by atoms with Gasteiger partial charge in [-0.25, -0.2) is 13.1 Å². The van der Waals surface area contributed by atoms with Crippen LogP contribution in [0.3, 0.4) is 0 Å². The topological polar surface area (TPSA) is 75.3 Å². The normalized spacial score (nSPS) is 13.0. The number of hydrogen-bond donors (Lipinski definition) is 2. The fourth-order valence-electron chi connectivity index (χ4n) is 1.63. The molecular formula is C12H16Cl2N2O3S. The highest BCUT2D eigenvalue weighted by molar-refractivity contribution is 7.88. The van der Waals surface area contributed by atoms with E-state index in [0.29, 0.717) is 15.6 Å². The summed E-state index contributed by atoms with van der Waals surface area (Å²) in [6.07, 6.45) is 1.06. The van der Waals surface area contributed by atoms with Crippen LogP contribution in [0.1, 0.15) is 18.4 Å². The SMILES string of the molecule is C[C@H](C(=O)NCCNS(C)(=O)=O)c1c(Cl)cccc1Cl. The molecule has 0 saturated carbocycles. The summed E-state index contributed by atoms with van der Waals surface area (Å²) in [7, 11) is -3.25. The number of carbonyl (C=O) groups excluding carboxylic acids is 1. The van der Waals surface area contributed by atoms with E-state index < -0.39 is 15.9 Å². The largest absolute Gasteiger partial charge is 0.354 e. The van der Waals surface area contributed by atoms with Gasteiger partial charge >= 0.3 is 0 Å². The van der Waals surface area contributed by atoms with E-state index in [1.54, 1.807) is 25.1 Å². The summed E-state index contributed by atoms with van der Waals surface area (Å²) in [4.78, 5) is 12.0. The van der Waals surface area contributed by atoms with Crippen LogP contribution >= 0.6 is 23.2 Å². The van der Waals surface area contributed by atoms with Crippen molar-refractivity contribution in [1.29, 1.82) is 0 Å². The summed E-state index contributed by atoms with van der Waals surface area (Å²) in [6.45, 7) is 2.01. The molecule has 1 aromatic carbocycles. The van der Waals surface area contributed by atoms with Crippen LogP contribution in [-0.4, -0.2) is 33.7 Å². The Labute approximate surface area is 128 Å². The van der Waals surface area contributed by atoms with Crippen molar-refractivity contribution in [3.05, 3.63) is 33.8 Å². The number of amides is 1. The van der Waals surface area contributed by atoms with Crippen LogP contribution in [0.4, 0.5) is 0 Å². The highest BCUT2D eigenvalue weighted by Gasteiger charge is 2.20. The molecule has 20 heavy (non-hydrogen) atoms. The van der Waals surface area contributed by atoms with Gasteiger partial charge in [0.05, 0.1) is 12.2 Å². The van der Waals surface area contributed by atoms with Crippen molar-refractivity contribution in [2.45, 2.75) is 12.8 Å². The molecule has 0 saturated heterocycles. The number of nitrogens with one attached hydrogen (secondary N) is 2. The van der Waals surface area contributed by atoms with E-state index in [1.165, 1.54) is 0 Å². The molecule has 0 bridgehead atoms. The van der Waals surface area contributed by atoms with Crippen LogP contribution in [0, 0.1) is 0 Å². The summed E-state index contributed by atoms with van der Waals surface area (Å²) in [5.41, 5.74) is 0.560. The Morgan fingerprint density at radius 3 is 2.30 bits per heavy atom. The first-order valence-corrected chi connectivity index (χ1v) is 8.53. The fraction of sp³-hybridized carbons (Fsp3) is 0.417. The maximum atomic E-state index is 12.0. The minimum absolute atomic E-state index is 0.132. The van der Waals surface area contributed by atoms with Crippen LogP contribution in [0.15, 0.2) is 18.2 Å². The second-order valence-corrected chi connectivity index (χ2v) is 6.96. The highest BCUT2D eigenvalue weighted by Crippen LogP contribution is 2.31. The van der Waals surface area contributed by atoms with Gasteiger partial charge in [0.15, 0.2) is 0 Å². The van der Waals surface area contributed by atoms with Crippen molar-refractivity contribution >= 4 is 39.1 Å². The highest BCUT2D eigenvalue weighted by atomic mass is 35.5. The lowest BCUT2D eigenvalue weighted by molar-refractivity contribution is -0.122. The quantitative estimate of drug-likeness (QED) is 0.776. The Bertz CT molecular complexity index is 570. The molecule has 0 aliphatic carbocycles. The van der Waals surface area contributed by atoms with Gasteiger partial charge in [0.2, 0.25) is 15.9 Å². The number of carbonyl (C=O) groups is 1. The van der Waals surface area contributed by atoms with E-state index in [-0.39, 0.29) is 19.0 Å². The second-order valence-electron chi connectivity index (χ2n) is 4.31. The predicted molar refractivity (Wildman–Crippen MR) is 80.7 cm³/mol. The van der Waals surface area contributed by atoms with E-state index in [2.05, 4.69) is 10.0 Å². The van der Waals surface area contributed by atoms with E-state index in [1.807, 2.05) is 0 Å². The van der Waals surface area contributed by atoms with Crippen molar-refractivity contribution in [2.75, 3.05) is 19.3 Å². The predicted octanol–water partition coefficient (Wildman–Crippen LogP) is 1.76. The molecule has 0 aliphatic rings. The first-order valence-electron chi connectivity index (χ1n) is 5.88. The molecule has 0 spiro atoms. The zero-order valence-electron chi connectivity index (χ0n) is 11.1. The Balaban J connectivity index is 2.60. The number of halogens is 2. The Morgan fingerprint density at radius 1 is 1.25 bits per heavy atom. The molecule has 0 aromatic heterocycles. The lowest BCUT2D eigenvalue weighted by Gasteiger charge is -2.15. The second kappa shape index (κ2) is 7.26. The van der Waals surface area contributed by atoms with Gasteiger partial charge in [-0.05, 0) is 19.1 Å². The first-order chi connectivity index (χ1) is 9.22. The zero-order chi connectivity index (χ0) is 15.3. The maximum Gasteiger partial charge on any atom is 0.227 e. The minimum atomic E-state index is -3.25. The summed E-state index contributed by atoms with van der Waals surface area (Å²) >= 11 is 12.1. The monoisotopic (exact) mass is 338 g/mol. The smallest absolute Gasteiger partial charge is 0.227 e. The molecule has 5 nitrogen and oxygen atoms in total. The molecule has 1 rings (SSSR count). The van der Waals surface area contributed by atoms with Gasteiger partial charge in [-0.1, -0.05) is 29.3 Å². The zero-order valence-corrected chi connectivity index (χ0v) is 13.4. The molecule has 0 unspecified atom stereocenters. The van der Waals surface area contributed by atoms with Crippen molar-refractivity contribution in [1.82, 2.24) is 10.0 Å². The van der Waals surface area contributed by atoms with E-state index in [0.717, 1.165) is 6.26 Å². The third kappa shape index (κ3) is 5.28. The first kappa shape index (κ1) is 17.2. The van der Waals surface area contributed by atoms with Crippen molar-refractivity contribution in [3.63, 3.8) is 0 Å². The lowest BCUT2D eigenvalue weighted by atomic mass is 10.0. The van der Waals surface area contributed by atoms with Crippen LogP contribution in [-0.2, 0) is 14.8 Å². The minimum Gasteiger partial charge on any atom is -0.354 e.